The van der Waals surface area contributed by atoms with E-state index in [1.54, 1.807) is 0 Å². The fraction of sp³-hybridized carbons (Fsp3) is 0.250. The average molecular weight is 449 g/mol. The first-order valence-electron chi connectivity index (χ1n) is 12.2. The molecule has 2 atom stereocenters. The Morgan fingerprint density at radius 1 is 0.471 bits per heavy atom. The quantitative estimate of drug-likeness (QED) is 0.281. The number of benzene rings is 4. The highest BCUT2D eigenvalue weighted by Crippen LogP contribution is 2.30. The zero-order chi connectivity index (χ0) is 23.9. The molecule has 0 aliphatic heterocycles. The molecule has 34 heavy (non-hydrogen) atoms. The van der Waals surface area contributed by atoms with Gasteiger partial charge in [0.05, 0.1) is 12.1 Å². The Morgan fingerprint density at radius 3 is 1.12 bits per heavy atom. The van der Waals surface area contributed by atoms with E-state index in [1.165, 1.54) is 44.5 Å². The summed E-state index contributed by atoms with van der Waals surface area (Å²) in [7, 11) is 0. The molecule has 0 fully saturated rings. The number of hydrogen-bond acceptors (Lipinski definition) is 2. The second kappa shape index (κ2) is 11.3. The second-order valence-corrected chi connectivity index (χ2v) is 9.53. The minimum atomic E-state index is 0.121. The lowest BCUT2D eigenvalue weighted by molar-refractivity contribution is 0.381. The zero-order valence-electron chi connectivity index (χ0n) is 20.8. The van der Waals surface area contributed by atoms with Gasteiger partial charge in [-0.2, -0.15) is 0 Å². The highest BCUT2D eigenvalue weighted by molar-refractivity contribution is 5.32. The van der Waals surface area contributed by atoms with Crippen LogP contribution in [-0.4, -0.2) is 0 Å². The topological polar surface area (TPSA) is 24.1 Å². The molecule has 0 aliphatic carbocycles. The van der Waals surface area contributed by atoms with Crippen LogP contribution in [0.4, 0.5) is 0 Å². The van der Waals surface area contributed by atoms with Crippen molar-refractivity contribution in [3.63, 3.8) is 0 Å². The van der Waals surface area contributed by atoms with Gasteiger partial charge in [-0.3, -0.25) is 0 Å². The van der Waals surface area contributed by atoms with Crippen LogP contribution in [0.1, 0.15) is 56.6 Å². The third-order valence-electron chi connectivity index (χ3n) is 6.27. The Kier molecular flexibility index (Phi) is 7.95. The minimum Gasteiger partial charge on any atom is -0.304 e. The highest BCUT2D eigenvalue weighted by Gasteiger charge is 2.24. The van der Waals surface area contributed by atoms with Crippen LogP contribution >= 0.6 is 0 Å². The van der Waals surface area contributed by atoms with E-state index in [0.29, 0.717) is 0 Å². The minimum absolute atomic E-state index is 0.121. The van der Waals surface area contributed by atoms with Crippen LogP contribution in [0.5, 0.6) is 0 Å². The summed E-state index contributed by atoms with van der Waals surface area (Å²) in [5.74, 6) is 0. The van der Waals surface area contributed by atoms with Crippen molar-refractivity contribution < 1.29 is 0 Å². The molecule has 4 rings (SSSR count). The predicted molar refractivity (Wildman–Crippen MR) is 144 cm³/mol. The van der Waals surface area contributed by atoms with Crippen LogP contribution in [0.3, 0.4) is 0 Å². The van der Waals surface area contributed by atoms with Crippen molar-refractivity contribution in [2.75, 3.05) is 0 Å². The first-order chi connectivity index (χ1) is 16.5. The van der Waals surface area contributed by atoms with E-state index >= 15 is 0 Å². The molecule has 2 N–H and O–H groups in total. The Hall–Kier alpha value is -3.20. The average Bonchev–Trinajstić information content (AvgIpc) is 2.81. The normalized spacial score (nSPS) is 12.9. The number of rotatable bonds is 9. The molecular formula is C32H36N2. The Labute approximate surface area is 205 Å². The molecule has 0 aromatic heterocycles. The van der Waals surface area contributed by atoms with E-state index in [9.17, 15) is 0 Å². The van der Waals surface area contributed by atoms with Crippen LogP contribution in [0, 0.1) is 27.7 Å². The van der Waals surface area contributed by atoms with Gasteiger partial charge in [0.15, 0.2) is 0 Å². The summed E-state index contributed by atoms with van der Waals surface area (Å²) >= 11 is 0. The van der Waals surface area contributed by atoms with Crippen LogP contribution in [0.2, 0.25) is 0 Å². The van der Waals surface area contributed by atoms with Crippen molar-refractivity contribution in [3.8, 4) is 0 Å². The number of aryl methyl sites for hydroxylation is 4. The van der Waals surface area contributed by atoms with Gasteiger partial charge in [-0.1, -0.05) is 119 Å². The van der Waals surface area contributed by atoms with E-state index in [4.69, 9.17) is 0 Å². The molecule has 0 amide bonds. The molecule has 0 spiro atoms. The van der Waals surface area contributed by atoms with Gasteiger partial charge in [0, 0.05) is 13.1 Å². The monoisotopic (exact) mass is 448 g/mol. The third-order valence-corrected chi connectivity index (χ3v) is 6.27. The fourth-order valence-corrected chi connectivity index (χ4v) is 4.97. The fourth-order valence-electron chi connectivity index (χ4n) is 4.97. The molecule has 0 unspecified atom stereocenters. The van der Waals surface area contributed by atoms with E-state index in [1.807, 2.05) is 0 Å². The van der Waals surface area contributed by atoms with Gasteiger partial charge in [0.1, 0.15) is 0 Å². The summed E-state index contributed by atoms with van der Waals surface area (Å²) in [6.07, 6.45) is 0. The lowest BCUT2D eigenvalue weighted by Crippen LogP contribution is -2.35. The van der Waals surface area contributed by atoms with Crippen molar-refractivity contribution >= 4 is 0 Å². The van der Waals surface area contributed by atoms with Crippen LogP contribution in [0.15, 0.2) is 97.1 Å². The van der Waals surface area contributed by atoms with Gasteiger partial charge in [-0.25, -0.2) is 0 Å². The van der Waals surface area contributed by atoms with Crippen LogP contribution < -0.4 is 10.6 Å². The summed E-state index contributed by atoms with van der Waals surface area (Å²) in [6.45, 7) is 10.3. The molecule has 0 radical (unpaired) electrons. The Bertz CT molecular complexity index is 1060. The number of hydrogen-bond donors (Lipinski definition) is 2. The van der Waals surface area contributed by atoms with Gasteiger partial charge in [0.25, 0.3) is 0 Å². The van der Waals surface area contributed by atoms with E-state index in [-0.39, 0.29) is 12.1 Å². The molecule has 4 aromatic rings. The van der Waals surface area contributed by atoms with Gasteiger partial charge in [-0.15, -0.1) is 0 Å². The van der Waals surface area contributed by atoms with E-state index < -0.39 is 0 Å². The number of nitrogens with one attached hydrogen (secondary N) is 2. The molecule has 0 saturated heterocycles. The van der Waals surface area contributed by atoms with Crippen molar-refractivity contribution in [1.29, 1.82) is 0 Å². The summed E-state index contributed by atoms with van der Waals surface area (Å²) < 4.78 is 0. The molecule has 4 aromatic carbocycles. The first kappa shape index (κ1) is 23.9. The first-order valence-corrected chi connectivity index (χ1v) is 12.2. The molecule has 2 heteroatoms. The second-order valence-electron chi connectivity index (χ2n) is 9.53. The SMILES string of the molecule is Cc1cc(C)cc(CN[C@@H](c2ccccc2)[C@@H](NCc2cc(C)cc(C)c2)c2ccccc2)c1. The summed E-state index contributed by atoms with van der Waals surface area (Å²) in [5.41, 5.74) is 10.4. The molecule has 174 valence electrons. The van der Waals surface area contributed by atoms with Gasteiger partial charge in [0.2, 0.25) is 0 Å². The maximum atomic E-state index is 3.90. The van der Waals surface area contributed by atoms with Crippen LogP contribution in [-0.2, 0) is 13.1 Å². The maximum absolute atomic E-state index is 3.90. The van der Waals surface area contributed by atoms with E-state index in [2.05, 4.69) is 135 Å². The summed E-state index contributed by atoms with van der Waals surface area (Å²) in [6, 6.07) is 35.4. The highest BCUT2D eigenvalue weighted by atomic mass is 15.0. The smallest absolute Gasteiger partial charge is 0.0521 e. The summed E-state index contributed by atoms with van der Waals surface area (Å²) in [5, 5.41) is 7.80. The molecule has 0 bridgehead atoms. The Balaban J connectivity index is 1.65. The summed E-state index contributed by atoms with van der Waals surface area (Å²) in [4.78, 5) is 0. The van der Waals surface area contributed by atoms with Crippen molar-refractivity contribution in [3.05, 3.63) is 142 Å². The molecule has 0 heterocycles. The molecule has 0 saturated carbocycles. The molecule has 2 nitrogen and oxygen atoms in total. The van der Waals surface area contributed by atoms with Crippen LogP contribution in [0.25, 0.3) is 0 Å². The Morgan fingerprint density at radius 2 is 0.794 bits per heavy atom. The van der Waals surface area contributed by atoms with Crippen molar-refractivity contribution in [2.45, 2.75) is 52.9 Å². The lowest BCUT2D eigenvalue weighted by Gasteiger charge is -2.30. The van der Waals surface area contributed by atoms with Crippen molar-refractivity contribution in [2.24, 2.45) is 0 Å². The standard InChI is InChI=1S/C32H36N2/c1-23-15-24(2)18-27(17-23)21-33-31(29-11-7-5-8-12-29)32(30-13-9-6-10-14-30)34-22-28-19-25(3)16-26(4)20-28/h5-20,31-34H,21-22H2,1-4H3/t31-,32-/m0/s1. The predicted octanol–water partition coefficient (Wildman–Crippen LogP) is 7.28. The van der Waals surface area contributed by atoms with Gasteiger partial charge < -0.3 is 10.6 Å². The van der Waals surface area contributed by atoms with Gasteiger partial charge in [-0.05, 0) is 49.9 Å². The molecular weight excluding hydrogens is 412 g/mol. The zero-order valence-corrected chi connectivity index (χ0v) is 20.8. The van der Waals surface area contributed by atoms with Gasteiger partial charge >= 0.3 is 0 Å². The lowest BCUT2D eigenvalue weighted by atomic mass is 9.92. The van der Waals surface area contributed by atoms with E-state index in [0.717, 1.165) is 13.1 Å². The molecule has 0 aliphatic rings. The maximum Gasteiger partial charge on any atom is 0.0521 e. The largest absolute Gasteiger partial charge is 0.304 e. The third kappa shape index (κ3) is 6.44. The van der Waals surface area contributed by atoms with Crippen molar-refractivity contribution in [1.82, 2.24) is 10.6 Å².